The van der Waals surface area contributed by atoms with E-state index in [4.69, 9.17) is 5.11 Å². The molecule has 0 aromatic carbocycles. The van der Waals surface area contributed by atoms with Crippen LogP contribution < -0.4 is 5.32 Å². The lowest BCUT2D eigenvalue weighted by Crippen LogP contribution is -2.37. The zero-order valence-corrected chi connectivity index (χ0v) is 11.6. The lowest BCUT2D eigenvalue weighted by Gasteiger charge is -2.13. The highest BCUT2D eigenvalue weighted by molar-refractivity contribution is 8.00. The summed E-state index contributed by atoms with van der Waals surface area (Å²) < 4.78 is 0. The van der Waals surface area contributed by atoms with Gasteiger partial charge in [0.05, 0.1) is 18.2 Å². The Morgan fingerprint density at radius 2 is 2.21 bits per heavy atom. The average Bonchev–Trinajstić information content (AvgIpc) is 2.97. The first-order valence-corrected chi connectivity index (χ1v) is 7.47. The smallest absolute Gasteiger partial charge is 0.345 e. The molecular weight excluding hydrogens is 288 g/mol. The first-order chi connectivity index (χ1) is 9.06. The van der Waals surface area contributed by atoms with E-state index in [1.165, 1.54) is 22.7 Å². The van der Waals surface area contributed by atoms with Crippen molar-refractivity contribution in [1.82, 2.24) is 10.2 Å². The second-order valence-electron chi connectivity index (χ2n) is 3.92. The van der Waals surface area contributed by atoms with E-state index in [-0.39, 0.29) is 29.8 Å². The molecule has 8 heteroatoms. The molecule has 2 amide bonds. The number of carbonyl (C=O) groups excluding carboxylic acids is 2. The normalized spacial score (nSPS) is 14.7. The van der Waals surface area contributed by atoms with Gasteiger partial charge in [-0.2, -0.15) is 0 Å². The second-order valence-corrected chi connectivity index (χ2v) is 6.04. The summed E-state index contributed by atoms with van der Waals surface area (Å²) in [4.78, 5) is 36.2. The molecule has 6 nitrogen and oxygen atoms in total. The molecule has 1 saturated heterocycles. The number of thiophene rings is 1. The quantitative estimate of drug-likeness (QED) is 0.831. The van der Waals surface area contributed by atoms with Gasteiger partial charge in [0.15, 0.2) is 0 Å². The Hall–Kier alpha value is -1.54. The van der Waals surface area contributed by atoms with Crippen molar-refractivity contribution in [2.24, 2.45) is 0 Å². The van der Waals surface area contributed by atoms with Crippen LogP contribution in [0.1, 0.15) is 14.5 Å². The van der Waals surface area contributed by atoms with Crippen LogP contribution in [0, 0.1) is 0 Å². The van der Waals surface area contributed by atoms with Gasteiger partial charge in [-0.1, -0.05) is 0 Å². The highest BCUT2D eigenvalue weighted by Crippen LogP contribution is 2.16. The van der Waals surface area contributed by atoms with E-state index in [9.17, 15) is 14.4 Å². The van der Waals surface area contributed by atoms with E-state index >= 15 is 0 Å². The lowest BCUT2D eigenvalue weighted by molar-refractivity contribution is -0.132. The number of hydrogen-bond acceptors (Lipinski definition) is 5. The minimum Gasteiger partial charge on any atom is -0.477 e. The molecule has 0 bridgehead atoms. The number of thioether (sulfide) groups is 1. The van der Waals surface area contributed by atoms with Crippen molar-refractivity contribution < 1.29 is 19.5 Å². The third-order valence-corrected chi connectivity index (χ3v) is 4.51. The van der Waals surface area contributed by atoms with Crippen LogP contribution in [0.5, 0.6) is 0 Å². The fourth-order valence-electron chi connectivity index (χ4n) is 1.54. The fourth-order valence-corrected chi connectivity index (χ4v) is 3.23. The summed E-state index contributed by atoms with van der Waals surface area (Å²) >= 11 is 2.61. The minimum atomic E-state index is -0.970. The van der Waals surface area contributed by atoms with Gasteiger partial charge in [-0.3, -0.25) is 9.59 Å². The SMILES string of the molecule is O=C(CN1CSCC1=O)NCc1ccc(C(=O)O)s1. The standard InChI is InChI=1S/C11H12N2O4S2/c14-9(4-13-6-18-5-10(13)15)12-3-7-1-2-8(19-7)11(16)17/h1-2H,3-6H2,(H,12,14)(H,16,17). The van der Waals surface area contributed by atoms with Gasteiger partial charge in [0.1, 0.15) is 11.4 Å². The van der Waals surface area contributed by atoms with Crippen molar-refractivity contribution in [3.05, 3.63) is 21.9 Å². The van der Waals surface area contributed by atoms with E-state index in [0.29, 0.717) is 11.6 Å². The predicted octanol–water partition coefficient (Wildman–Crippen LogP) is 0.595. The van der Waals surface area contributed by atoms with Crippen LogP contribution in [0.4, 0.5) is 0 Å². The molecule has 2 rings (SSSR count). The molecular formula is C11H12N2O4S2. The molecule has 1 aromatic heterocycles. The number of nitrogens with zero attached hydrogens (tertiary/aromatic N) is 1. The summed E-state index contributed by atoms with van der Waals surface area (Å²) in [6, 6.07) is 3.18. The molecule has 0 radical (unpaired) electrons. The van der Waals surface area contributed by atoms with Crippen LogP contribution in [0.15, 0.2) is 12.1 Å². The van der Waals surface area contributed by atoms with E-state index in [0.717, 1.165) is 16.2 Å². The number of carboxylic acid groups (broad SMARTS) is 1. The number of hydrogen-bond donors (Lipinski definition) is 2. The highest BCUT2D eigenvalue weighted by atomic mass is 32.2. The summed E-state index contributed by atoms with van der Waals surface area (Å²) in [5.41, 5.74) is 0. The molecule has 0 unspecified atom stereocenters. The Morgan fingerprint density at radius 3 is 2.79 bits per heavy atom. The number of amides is 2. The maximum absolute atomic E-state index is 11.6. The van der Waals surface area contributed by atoms with Gasteiger partial charge in [-0.05, 0) is 12.1 Å². The molecule has 19 heavy (non-hydrogen) atoms. The molecule has 0 atom stereocenters. The second kappa shape index (κ2) is 6.07. The summed E-state index contributed by atoms with van der Waals surface area (Å²) in [5, 5.41) is 11.4. The van der Waals surface area contributed by atoms with Crippen molar-refractivity contribution >= 4 is 40.9 Å². The highest BCUT2D eigenvalue weighted by Gasteiger charge is 2.22. The zero-order valence-electron chi connectivity index (χ0n) is 9.92. The first kappa shape index (κ1) is 13.9. The van der Waals surface area contributed by atoms with Crippen molar-refractivity contribution in [1.29, 1.82) is 0 Å². The Balaban J connectivity index is 1.79. The predicted molar refractivity (Wildman–Crippen MR) is 72.2 cm³/mol. The largest absolute Gasteiger partial charge is 0.477 e. The minimum absolute atomic E-state index is 0.0237. The van der Waals surface area contributed by atoms with E-state index in [2.05, 4.69) is 5.32 Å². The number of aromatic carboxylic acids is 1. The molecule has 1 aliphatic heterocycles. The molecule has 0 spiro atoms. The summed E-state index contributed by atoms with van der Waals surface area (Å²) in [5.74, 6) is -0.248. The fraction of sp³-hybridized carbons (Fsp3) is 0.364. The number of rotatable bonds is 5. The summed E-state index contributed by atoms with van der Waals surface area (Å²) in [7, 11) is 0. The maximum atomic E-state index is 11.6. The summed E-state index contributed by atoms with van der Waals surface area (Å²) in [6.07, 6.45) is 0. The van der Waals surface area contributed by atoms with Gasteiger partial charge in [0.2, 0.25) is 11.8 Å². The van der Waals surface area contributed by atoms with Crippen LogP contribution in [0.3, 0.4) is 0 Å². The average molecular weight is 300 g/mol. The van der Waals surface area contributed by atoms with Gasteiger partial charge >= 0.3 is 5.97 Å². The van der Waals surface area contributed by atoms with Gasteiger partial charge in [-0.15, -0.1) is 23.1 Å². The first-order valence-electron chi connectivity index (χ1n) is 5.50. The van der Waals surface area contributed by atoms with Crippen molar-refractivity contribution in [3.8, 4) is 0 Å². The van der Waals surface area contributed by atoms with Crippen molar-refractivity contribution in [2.75, 3.05) is 18.2 Å². The Morgan fingerprint density at radius 1 is 1.42 bits per heavy atom. The van der Waals surface area contributed by atoms with E-state index < -0.39 is 5.97 Å². The monoisotopic (exact) mass is 300 g/mol. The number of carbonyl (C=O) groups is 3. The van der Waals surface area contributed by atoms with Gasteiger partial charge < -0.3 is 15.3 Å². The van der Waals surface area contributed by atoms with Crippen LogP contribution in [-0.4, -0.2) is 46.0 Å². The molecule has 1 aromatic rings. The maximum Gasteiger partial charge on any atom is 0.345 e. The number of carboxylic acids is 1. The molecule has 0 saturated carbocycles. The van der Waals surface area contributed by atoms with E-state index in [1.807, 2.05) is 0 Å². The third kappa shape index (κ3) is 3.71. The molecule has 2 N–H and O–H groups in total. The number of nitrogens with one attached hydrogen (secondary N) is 1. The molecule has 1 fully saturated rings. The van der Waals surface area contributed by atoms with Gasteiger partial charge in [0, 0.05) is 4.88 Å². The van der Waals surface area contributed by atoms with Crippen molar-refractivity contribution in [2.45, 2.75) is 6.54 Å². The van der Waals surface area contributed by atoms with Crippen LogP contribution in [-0.2, 0) is 16.1 Å². The van der Waals surface area contributed by atoms with E-state index in [1.54, 1.807) is 6.07 Å². The third-order valence-electron chi connectivity index (χ3n) is 2.49. The molecule has 0 aliphatic carbocycles. The van der Waals surface area contributed by atoms with Crippen molar-refractivity contribution in [3.63, 3.8) is 0 Å². The lowest BCUT2D eigenvalue weighted by atomic mass is 10.4. The van der Waals surface area contributed by atoms with Crippen LogP contribution in [0.2, 0.25) is 0 Å². The zero-order chi connectivity index (χ0) is 13.8. The van der Waals surface area contributed by atoms with Crippen LogP contribution >= 0.6 is 23.1 Å². The van der Waals surface area contributed by atoms with Gasteiger partial charge in [-0.25, -0.2) is 4.79 Å². The Kier molecular flexibility index (Phi) is 4.43. The van der Waals surface area contributed by atoms with Gasteiger partial charge in [0.25, 0.3) is 0 Å². The molecule has 102 valence electrons. The summed E-state index contributed by atoms with van der Waals surface area (Å²) in [6.45, 7) is 0.342. The Bertz CT molecular complexity index is 515. The Labute approximate surface area is 117 Å². The molecule has 1 aliphatic rings. The van der Waals surface area contributed by atoms with Crippen LogP contribution in [0.25, 0.3) is 0 Å². The topological polar surface area (TPSA) is 86.7 Å². The molecule has 2 heterocycles.